The minimum Gasteiger partial charge on any atom is -0.337 e. The second-order valence-electron chi connectivity index (χ2n) is 7.16. The van der Waals surface area contributed by atoms with Gasteiger partial charge in [-0.05, 0) is 49.8 Å². The highest BCUT2D eigenvalue weighted by molar-refractivity contribution is 7.09. The van der Waals surface area contributed by atoms with Gasteiger partial charge < -0.3 is 10.2 Å². The van der Waals surface area contributed by atoms with Gasteiger partial charge in [-0.1, -0.05) is 30.3 Å². The molecule has 0 saturated carbocycles. The third-order valence-electron chi connectivity index (χ3n) is 5.55. The average Bonchev–Trinajstić information content (AvgIpc) is 3.26. The molecule has 2 aliphatic heterocycles. The number of fused-ring (bicyclic) bond motifs is 1. The van der Waals surface area contributed by atoms with Crippen molar-refractivity contribution in [1.82, 2.24) is 15.2 Å². The van der Waals surface area contributed by atoms with Crippen molar-refractivity contribution in [2.45, 2.75) is 25.7 Å². The van der Waals surface area contributed by atoms with Crippen molar-refractivity contribution in [3.63, 3.8) is 0 Å². The first-order valence-corrected chi connectivity index (χ1v) is 10.2. The molecule has 0 unspecified atom stereocenters. The standard InChI is InChI=1S/C20H25N3OS.2ClH/c24-20(23-10-8-16-12-21-13-17(16)9-11-23)18-14-25-19(22-18)7-6-15-4-2-1-3-5-15;;/h1-5,14,16-17,21H,6-13H2;2*1H/t16-,17+;;. The van der Waals surface area contributed by atoms with E-state index in [0.717, 1.165) is 68.7 Å². The van der Waals surface area contributed by atoms with Crippen LogP contribution in [0, 0.1) is 11.8 Å². The first kappa shape index (κ1) is 22.2. The predicted molar refractivity (Wildman–Crippen MR) is 115 cm³/mol. The van der Waals surface area contributed by atoms with Crippen molar-refractivity contribution in [3.05, 3.63) is 52.0 Å². The van der Waals surface area contributed by atoms with E-state index in [2.05, 4.69) is 34.6 Å². The maximum atomic E-state index is 12.8. The Morgan fingerprint density at radius 1 is 1.07 bits per heavy atom. The summed E-state index contributed by atoms with van der Waals surface area (Å²) in [5.41, 5.74) is 1.96. The quantitative estimate of drug-likeness (QED) is 0.805. The van der Waals surface area contributed by atoms with Gasteiger partial charge in [-0.15, -0.1) is 36.2 Å². The molecule has 0 bridgehead atoms. The van der Waals surface area contributed by atoms with Crippen molar-refractivity contribution in [3.8, 4) is 0 Å². The molecule has 4 rings (SSSR count). The van der Waals surface area contributed by atoms with Gasteiger partial charge in [0.15, 0.2) is 0 Å². The molecule has 27 heavy (non-hydrogen) atoms. The zero-order valence-corrected chi connectivity index (χ0v) is 17.8. The number of halogens is 2. The van der Waals surface area contributed by atoms with Crippen molar-refractivity contribution in [1.29, 1.82) is 0 Å². The number of carbonyl (C=O) groups excluding carboxylic acids is 1. The summed E-state index contributed by atoms with van der Waals surface area (Å²) in [5.74, 6) is 1.61. The number of likely N-dealkylation sites (tertiary alicyclic amines) is 1. The highest BCUT2D eigenvalue weighted by Gasteiger charge is 2.32. The summed E-state index contributed by atoms with van der Waals surface area (Å²) >= 11 is 1.61. The number of aryl methyl sites for hydroxylation is 2. The first-order valence-electron chi connectivity index (χ1n) is 9.28. The van der Waals surface area contributed by atoms with Gasteiger partial charge in [0.2, 0.25) is 0 Å². The SMILES string of the molecule is Cl.Cl.O=C(c1csc(CCc2ccccc2)n1)N1CC[C@@H]2CNC[C@@H]2CC1. The maximum Gasteiger partial charge on any atom is 0.273 e. The number of carbonyl (C=O) groups is 1. The molecule has 148 valence electrons. The molecule has 2 atom stereocenters. The highest BCUT2D eigenvalue weighted by atomic mass is 35.5. The highest BCUT2D eigenvalue weighted by Crippen LogP contribution is 2.27. The van der Waals surface area contributed by atoms with Gasteiger partial charge >= 0.3 is 0 Å². The van der Waals surface area contributed by atoms with E-state index in [1.807, 2.05) is 16.3 Å². The molecule has 1 aromatic carbocycles. The summed E-state index contributed by atoms with van der Waals surface area (Å²) in [4.78, 5) is 19.5. The van der Waals surface area contributed by atoms with Crippen molar-refractivity contribution in [2.24, 2.45) is 11.8 Å². The van der Waals surface area contributed by atoms with E-state index in [9.17, 15) is 4.79 Å². The van der Waals surface area contributed by atoms with Crippen LogP contribution in [0.2, 0.25) is 0 Å². The van der Waals surface area contributed by atoms with E-state index in [1.54, 1.807) is 11.3 Å². The monoisotopic (exact) mass is 427 g/mol. The van der Waals surface area contributed by atoms with Crippen LogP contribution < -0.4 is 5.32 Å². The number of amides is 1. The summed E-state index contributed by atoms with van der Waals surface area (Å²) in [6.45, 7) is 3.98. The maximum absolute atomic E-state index is 12.8. The molecular weight excluding hydrogens is 401 g/mol. The van der Waals surface area contributed by atoms with Crippen molar-refractivity contribution >= 4 is 42.1 Å². The largest absolute Gasteiger partial charge is 0.337 e. The van der Waals surface area contributed by atoms with E-state index >= 15 is 0 Å². The van der Waals surface area contributed by atoms with E-state index in [1.165, 1.54) is 5.56 Å². The number of benzene rings is 1. The first-order chi connectivity index (χ1) is 12.3. The molecule has 0 aliphatic carbocycles. The Morgan fingerprint density at radius 2 is 1.74 bits per heavy atom. The third kappa shape index (κ3) is 5.44. The molecule has 4 nitrogen and oxygen atoms in total. The van der Waals surface area contributed by atoms with Gasteiger partial charge in [-0.3, -0.25) is 4.79 Å². The number of thiazole rings is 1. The summed E-state index contributed by atoms with van der Waals surface area (Å²) < 4.78 is 0. The van der Waals surface area contributed by atoms with Crippen LogP contribution in [0.3, 0.4) is 0 Å². The van der Waals surface area contributed by atoms with Crippen molar-refractivity contribution < 1.29 is 4.79 Å². The van der Waals surface area contributed by atoms with Crippen LogP contribution in [-0.2, 0) is 12.8 Å². The Hall–Kier alpha value is -1.14. The van der Waals surface area contributed by atoms with E-state index < -0.39 is 0 Å². The third-order valence-corrected chi connectivity index (χ3v) is 6.46. The van der Waals surface area contributed by atoms with Gasteiger partial charge in [0.25, 0.3) is 5.91 Å². The summed E-state index contributed by atoms with van der Waals surface area (Å²) in [5, 5.41) is 6.48. The molecule has 0 spiro atoms. The molecule has 2 aliphatic rings. The summed E-state index contributed by atoms with van der Waals surface area (Å²) in [6.07, 6.45) is 4.11. The second-order valence-corrected chi connectivity index (χ2v) is 8.10. The van der Waals surface area contributed by atoms with Crippen LogP contribution in [-0.4, -0.2) is 42.0 Å². The topological polar surface area (TPSA) is 45.2 Å². The van der Waals surface area contributed by atoms with Gasteiger partial charge in [-0.2, -0.15) is 0 Å². The molecule has 2 fully saturated rings. The molecule has 2 saturated heterocycles. The van der Waals surface area contributed by atoms with Gasteiger partial charge in [-0.25, -0.2) is 4.98 Å². The van der Waals surface area contributed by atoms with Crippen LogP contribution in [0.15, 0.2) is 35.7 Å². The summed E-state index contributed by atoms with van der Waals surface area (Å²) in [7, 11) is 0. The normalized spacial score (nSPS) is 21.6. The smallest absolute Gasteiger partial charge is 0.273 e. The minimum atomic E-state index is 0. The lowest BCUT2D eigenvalue weighted by atomic mass is 9.92. The number of nitrogens with zero attached hydrogens (tertiary/aromatic N) is 2. The van der Waals surface area contributed by atoms with Crippen LogP contribution in [0.25, 0.3) is 0 Å². The number of nitrogens with one attached hydrogen (secondary N) is 1. The molecule has 2 aromatic rings. The Morgan fingerprint density at radius 3 is 2.41 bits per heavy atom. The predicted octanol–water partition coefficient (Wildman–Crippen LogP) is 3.84. The molecule has 1 aromatic heterocycles. The van der Waals surface area contributed by atoms with E-state index in [4.69, 9.17) is 0 Å². The van der Waals surface area contributed by atoms with Crippen LogP contribution in [0.1, 0.15) is 33.9 Å². The number of hydrogen-bond acceptors (Lipinski definition) is 4. The zero-order chi connectivity index (χ0) is 17.1. The lowest BCUT2D eigenvalue weighted by Crippen LogP contribution is -2.33. The number of rotatable bonds is 4. The van der Waals surface area contributed by atoms with Crippen LogP contribution in [0.5, 0.6) is 0 Å². The van der Waals surface area contributed by atoms with Gasteiger partial charge in [0, 0.05) is 24.9 Å². The van der Waals surface area contributed by atoms with Crippen LogP contribution >= 0.6 is 36.2 Å². The fourth-order valence-electron chi connectivity index (χ4n) is 4.00. The number of hydrogen-bond donors (Lipinski definition) is 1. The zero-order valence-electron chi connectivity index (χ0n) is 15.3. The molecule has 0 radical (unpaired) electrons. The fraction of sp³-hybridized carbons (Fsp3) is 0.500. The van der Waals surface area contributed by atoms with Crippen LogP contribution in [0.4, 0.5) is 0 Å². The Labute approximate surface area is 177 Å². The molecule has 1 N–H and O–H groups in total. The van der Waals surface area contributed by atoms with Crippen molar-refractivity contribution in [2.75, 3.05) is 26.2 Å². The number of aromatic nitrogens is 1. The molecule has 3 heterocycles. The minimum absolute atomic E-state index is 0. The average molecular weight is 428 g/mol. The molecule has 1 amide bonds. The fourth-order valence-corrected chi connectivity index (χ4v) is 4.78. The lowest BCUT2D eigenvalue weighted by molar-refractivity contribution is 0.0753. The van der Waals surface area contributed by atoms with Gasteiger partial charge in [0.1, 0.15) is 5.69 Å². The van der Waals surface area contributed by atoms with E-state index in [0.29, 0.717) is 5.69 Å². The Balaban J connectivity index is 0.00000131. The lowest BCUT2D eigenvalue weighted by Gasteiger charge is -2.19. The Bertz CT molecular complexity index is 711. The van der Waals surface area contributed by atoms with E-state index in [-0.39, 0.29) is 30.7 Å². The molecular formula is C20H27Cl2N3OS. The Kier molecular flexibility index (Phi) is 8.55. The van der Waals surface area contributed by atoms with Gasteiger partial charge in [0.05, 0.1) is 5.01 Å². The molecule has 7 heteroatoms. The second kappa shape index (κ2) is 10.4. The summed E-state index contributed by atoms with van der Waals surface area (Å²) in [6, 6.07) is 10.5.